The van der Waals surface area contributed by atoms with E-state index >= 15 is 0 Å². The molecule has 1 saturated heterocycles. The number of carbonyl (C=O) groups is 1. The average Bonchev–Trinajstić information content (AvgIpc) is 2.75. The van der Waals surface area contributed by atoms with E-state index in [1.165, 1.54) is 13.1 Å². The van der Waals surface area contributed by atoms with Crippen LogP contribution in [-0.2, 0) is 27.5 Å². The lowest BCUT2D eigenvalue weighted by Crippen LogP contribution is -2.18. The molecule has 0 bridgehead atoms. The molecule has 2 rings (SSSR count). The molecule has 17 heavy (non-hydrogen) atoms. The molecule has 0 aliphatic carbocycles. The van der Waals surface area contributed by atoms with Gasteiger partial charge in [-0.1, -0.05) is 0 Å². The van der Waals surface area contributed by atoms with Crippen molar-refractivity contribution in [2.24, 2.45) is 0 Å². The van der Waals surface area contributed by atoms with Crippen molar-refractivity contribution < 1.29 is 17.6 Å². The molecule has 1 aliphatic rings. The highest BCUT2D eigenvalue weighted by atomic mass is 32.2. The lowest BCUT2D eigenvalue weighted by atomic mass is 10.2. The molecule has 1 aromatic rings. The lowest BCUT2D eigenvalue weighted by molar-refractivity contribution is -0.116. The van der Waals surface area contributed by atoms with Gasteiger partial charge in [-0.2, -0.15) is 0 Å². The topological polar surface area (TPSA) is 77.2 Å². The van der Waals surface area contributed by atoms with E-state index in [2.05, 4.69) is 4.98 Å². The van der Waals surface area contributed by atoms with Gasteiger partial charge in [0.05, 0.1) is 23.6 Å². The minimum Gasteiger partial charge on any atom is -0.445 e. The number of sulfone groups is 1. The highest BCUT2D eigenvalue weighted by Gasteiger charge is 2.32. The summed E-state index contributed by atoms with van der Waals surface area (Å²) in [5.74, 6) is 1.18. The van der Waals surface area contributed by atoms with Crippen molar-refractivity contribution in [3.8, 4) is 0 Å². The number of carbonyl (C=O) groups excluding carboxylic acids is 1. The molecule has 1 fully saturated rings. The molecule has 0 radical (unpaired) electrons. The number of rotatable bonds is 4. The van der Waals surface area contributed by atoms with Crippen molar-refractivity contribution in [2.75, 3.05) is 5.75 Å². The molecule has 1 aromatic heterocycles. The van der Waals surface area contributed by atoms with Crippen LogP contribution in [0.2, 0.25) is 0 Å². The number of oxazole rings is 1. The smallest absolute Gasteiger partial charge is 0.195 e. The summed E-state index contributed by atoms with van der Waals surface area (Å²) in [5.41, 5.74) is 0. The molecule has 1 atom stereocenters. The average molecular weight is 257 g/mol. The Morgan fingerprint density at radius 1 is 1.59 bits per heavy atom. The second-order valence-corrected chi connectivity index (χ2v) is 6.84. The Bertz CT molecular complexity index is 517. The van der Waals surface area contributed by atoms with Gasteiger partial charge < -0.3 is 4.42 Å². The number of aromatic nitrogens is 1. The van der Waals surface area contributed by atoms with Crippen LogP contribution < -0.4 is 0 Å². The van der Waals surface area contributed by atoms with E-state index in [1.807, 2.05) is 0 Å². The van der Waals surface area contributed by atoms with Gasteiger partial charge in [-0.25, -0.2) is 13.4 Å². The third-order valence-electron chi connectivity index (χ3n) is 2.89. The Kier molecular flexibility index (Phi) is 3.33. The van der Waals surface area contributed by atoms with Crippen LogP contribution in [0, 0.1) is 0 Å². The maximum absolute atomic E-state index is 11.6. The standard InChI is InChI=1S/C11H15NO4S/c1-8(13)5-9-7-12-11(16-9)6-10-3-2-4-17(10,14)15/h7,10H,2-6H2,1H3. The van der Waals surface area contributed by atoms with Crippen molar-refractivity contribution in [3.05, 3.63) is 17.8 Å². The van der Waals surface area contributed by atoms with Gasteiger partial charge in [-0.05, 0) is 19.8 Å². The summed E-state index contributed by atoms with van der Waals surface area (Å²) in [6, 6.07) is 0. The lowest BCUT2D eigenvalue weighted by Gasteiger charge is -2.05. The molecule has 0 amide bonds. The van der Waals surface area contributed by atoms with E-state index in [-0.39, 0.29) is 23.2 Å². The van der Waals surface area contributed by atoms with Crippen LogP contribution in [0.25, 0.3) is 0 Å². The molecule has 2 heterocycles. The Morgan fingerprint density at radius 3 is 2.94 bits per heavy atom. The monoisotopic (exact) mass is 257 g/mol. The summed E-state index contributed by atoms with van der Waals surface area (Å²) < 4.78 is 28.6. The van der Waals surface area contributed by atoms with Gasteiger partial charge in [0, 0.05) is 6.42 Å². The molecule has 0 saturated carbocycles. The predicted molar refractivity (Wildman–Crippen MR) is 61.4 cm³/mol. The minimum atomic E-state index is -2.97. The number of nitrogens with zero attached hydrogens (tertiary/aromatic N) is 1. The first-order valence-electron chi connectivity index (χ1n) is 5.62. The number of Topliss-reactive ketones (excluding diaryl/α,β-unsaturated/α-hetero) is 1. The van der Waals surface area contributed by atoms with Crippen molar-refractivity contribution >= 4 is 15.6 Å². The highest BCUT2D eigenvalue weighted by molar-refractivity contribution is 7.92. The largest absolute Gasteiger partial charge is 0.445 e. The van der Waals surface area contributed by atoms with Crippen molar-refractivity contribution in [3.63, 3.8) is 0 Å². The zero-order valence-corrected chi connectivity index (χ0v) is 10.5. The first-order valence-corrected chi connectivity index (χ1v) is 7.33. The second kappa shape index (κ2) is 4.60. The highest BCUT2D eigenvalue weighted by Crippen LogP contribution is 2.23. The molecule has 94 valence electrons. The zero-order valence-electron chi connectivity index (χ0n) is 9.68. The summed E-state index contributed by atoms with van der Waals surface area (Å²) in [5, 5.41) is -0.369. The molecule has 0 aromatic carbocycles. The second-order valence-electron chi connectivity index (χ2n) is 4.43. The molecule has 0 N–H and O–H groups in total. The number of hydrogen-bond acceptors (Lipinski definition) is 5. The summed E-state index contributed by atoms with van der Waals surface area (Å²) in [4.78, 5) is 14.9. The number of ketones is 1. The van der Waals surface area contributed by atoms with Crippen molar-refractivity contribution in [2.45, 2.75) is 37.9 Å². The van der Waals surface area contributed by atoms with Gasteiger partial charge in [0.15, 0.2) is 15.7 Å². The summed E-state index contributed by atoms with van der Waals surface area (Å²) in [7, 11) is -2.97. The SMILES string of the molecule is CC(=O)Cc1cnc(CC2CCCS2(=O)=O)o1. The predicted octanol–water partition coefficient (Wildman–Crippen LogP) is 0.926. The third-order valence-corrected chi connectivity index (χ3v) is 5.17. The fourth-order valence-corrected chi connectivity index (χ4v) is 3.88. The minimum absolute atomic E-state index is 0.00110. The molecule has 1 unspecified atom stereocenters. The maximum atomic E-state index is 11.6. The van der Waals surface area contributed by atoms with Crippen LogP contribution in [0.3, 0.4) is 0 Å². The van der Waals surface area contributed by atoms with Crippen LogP contribution in [0.15, 0.2) is 10.6 Å². The van der Waals surface area contributed by atoms with Gasteiger partial charge in [-0.15, -0.1) is 0 Å². The summed E-state index contributed by atoms with van der Waals surface area (Å²) in [6.07, 6.45) is 3.42. The first-order chi connectivity index (χ1) is 7.97. The Labute approximate surface area is 100 Å². The molecular formula is C11H15NO4S. The Hall–Kier alpha value is -1.17. The van der Waals surface area contributed by atoms with E-state index < -0.39 is 9.84 Å². The third kappa shape index (κ3) is 2.94. The fourth-order valence-electron chi connectivity index (χ4n) is 2.05. The summed E-state index contributed by atoms with van der Waals surface area (Å²) >= 11 is 0. The molecule has 0 spiro atoms. The van der Waals surface area contributed by atoms with Crippen LogP contribution in [-0.4, -0.2) is 30.2 Å². The first kappa shape index (κ1) is 12.3. The van der Waals surface area contributed by atoms with Gasteiger partial charge >= 0.3 is 0 Å². The Balaban J connectivity index is 2.04. The molecule has 1 aliphatic heterocycles. The van der Waals surface area contributed by atoms with Gasteiger partial charge in [0.2, 0.25) is 0 Å². The molecule has 6 heteroatoms. The van der Waals surface area contributed by atoms with E-state index in [1.54, 1.807) is 0 Å². The van der Waals surface area contributed by atoms with Gasteiger partial charge in [0.25, 0.3) is 0 Å². The van der Waals surface area contributed by atoms with Crippen LogP contribution in [0.5, 0.6) is 0 Å². The van der Waals surface area contributed by atoms with E-state index in [9.17, 15) is 13.2 Å². The Morgan fingerprint density at radius 2 is 2.35 bits per heavy atom. The van der Waals surface area contributed by atoms with E-state index in [0.29, 0.717) is 30.9 Å². The van der Waals surface area contributed by atoms with E-state index in [4.69, 9.17) is 4.42 Å². The molecule has 5 nitrogen and oxygen atoms in total. The van der Waals surface area contributed by atoms with Crippen LogP contribution in [0.1, 0.15) is 31.4 Å². The number of hydrogen-bond donors (Lipinski definition) is 0. The molecular weight excluding hydrogens is 242 g/mol. The van der Waals surface area contributed by atoms with E-state index in [0.717, 1.165) is 0 Å². The zero-order chi connectivity index (χ0) is 12.5. The quantitative estimate of drug-likeness (QED) is 0.801. The van der Waals surface area contributed by atoms with Crippen molar-refractivity contribution in [1.82, 2.24) is 4.98 Å². The van der Waals surface area contributed by atoms with Crippen molar-refractivity contribution in [1.29, 1.82) is 0 Å². The normalized spacial score (nSPS) is 22.8. The summed E-state index contributed by atoms with van der Waals surface area (Å²) in [6.45, 7) is 1.48. The van der Waals surface area contributed by atoms with Crippen LogP contribution >= 0.6 is 0 Å². The van der Waals surface area contributed by atoms with Gasteiger partial charge in [0.1, 0.15) is 11.5 Å². The fraction of sp³-hybridized carbons (Fsp3) is 0.636. The maximum Gasteiger partial charge on any atom is 0.195 e. The van der Waals surface area contributed by atoms with Gasteiger partial charge in [-0.3, -0.25) is 4.79 Å². The van der Waals surface area contributed by atoms with Crippen LogP contribution in [0.4, 0.5) is 0 Å².